The van der Waals surface area contributed by atoms with Gasteiger partial charge in [0, 0.05) is 44.8 Å². The maximum atomic E-state index is 13.7. The van der Waals surface area contributed by atoms with E-state index in [2.05, 4.69) is 27.0 Å². The first-order valence-corrected chi connectivity index (χ1v) is 10.8. The van der Waals surface area contributed by atoms with Crippen LogP contribution in [0.2, 0.25) is 0 Å². The lowest BCUT2D eigenvalue weighted by molar-refractivity contribution is 0.0950. The lowest BCUT2D eigenvalue weighted by atomic mass is 10.1. The van der Waals surface area contributed by atoms with Gasteiger partial charge in [0.25, 0.3) is 5.91 Å². The van der Waals surface area contributed by atoms with Gasteiger partial charge in [0.1, 0.15) is 11.6 Å². The summed E-state index contributed by atoms with van der Waals surface area (Å²) >= 11 is 0. The van der Waals surface area contributed by atoms with Crippen molar-refractivity contribution in [3.63, 3.8) is 0 Å². The third-order valence-electron chi connectivity index (χ3n) is 5.21. The molecule has 3 rings (SSSR count). The molecular weight excluding hydrogens is 538 g/mol. The van der Waals surface area contributed by atoms with Gasteiger partial charge in [-0.15, -0.1) is 24.0 Å². The Labute approximate surface area is 211 Å². The fourth-order valence-electron chi connectivity index (χ4n) is 3.36. The lowest BCUT2D eigenvalue weighted by Gasteiger charge is -2.17. The molecule has 180 valence electrons. The molecule has 1 atom stereocenters. The zero-order valence-corrected chi connectivity index (χ0v) is 21.4. The molecular formula is C24H32FIN4O3. The molecule has 0 aliphatic carbocycles. The molecule has 33 heavy (non-hydrogen) atoms. The number of aryl methyl sites for hydroxylation is 1. The Morgan fingerprint density at radius 3 is 2.70 bits per heavy atom. The number of rotatable bonds is 9. The number of hydrogen-bond donors (Lipinski definition) is 3. The third kappa shape index (κ3) is 8.47. The van der Waals surface area contributed by atoms with Crippen molar-refractivity contribution >= 4 is 35.8 Å². The molecule has 1 heterocycles. The number of ether oxygens (including phenoxy) is 2. The van der Waals surface area contributed by atoms with Crippen LogP contribution in [-0.4, -0.2) is 51.8 Å². The van der Waals surface area contributed by atoms with E-state index in [1.54, 1.807) is 19.2 Å². The van der Waals surface area contributed by atoms with Gasteiger partial charge in [-0.3, -0.25) is 9.79 Å². The molecule has 2 aromatic carbocycles. The zero-order chi connectivity index (χ0) is 22.8. The number of carbonyl (C=O) groups is 1. The van der Waals surface area contributed by atoms with E-state index < -0.39 is 11.7 Å². The van der Waals surface area contributed by atoms with E-state index in [1.165, 1.54) is 12.1 Å². The van der Waals surface area contributed by atoms with Crippen LogP contribution >= 0.6 is 24.0 Å². The van der Waals surface area contributed by atoms with Crippen molar-refractivity contribution in [2.75, 3.05) is 40.0 Å². The van der Waals surface area contributed by atoms with Gasteiger partial charge in [-0.05, 0) is 37.1 Å². The predicted molar refractivity (Wildman–Crippen MR) is 138 cm³/mol. The maximum Gasteiger partial charge on any atom is 0.254 e. The van der Waals surface area contributed by atoms with Crippen molar-refractivity contribution < 1.29 is 18.7 Å². The fraction of sp³-hybridized carbons (Fsp3) is 0.417. The SMILES string of the molecule is CN=C(NCCNC(=O)c1ccccc1F)NCc1ccc(C)cc1OCC1CCOC1.I. The summed E-state index contributed by atoms with van der Waals surface area (Å²) in [6, 6.07) is 12.1. The second kappa shape index (κ2) is 14.0. The highest BCUT2D eigenvalue weighted by Crippen LogP contribution is 2.22. The first kappa shape index (κ1) is 26.8. The average Bonchev–Trinajstić information content (AvgIpc) is 3.32. The quantitative estimate of drug-likeness (QED) is 0.187. The normalized spacial score (nSPS) is 15.5. The van der Waals surface area contributed by atoms with Crippen LogP contribution in [0.4, 0.5) is 4.39 Å². The molecule has 0 aromatic heterocycles. The lowest BCUT2D eigenvalue weighted by Crippen LogP contribution is -2.41. The highest BCUT2D eigenvalue weighted by molar-refractivity contribution is 14.0. The Balaban J connectivity index is 0.00000385. The van der Waals surface area contributed by atoms with Crippen molar-refractivity contribution in [2.45, 2.75) is 19.9 Å². The van der Waals surface area contributed by atoms with Crippen LogP contribution in [0.1, 0.15) is 27.9 Å². The van der Waals surface area contributed by atoms with Crippen molar-refractivity contribution in [3.8, 4) is 5.75 Å². The molecule has 0 bridgehead atoms. The van der Waals surface area contributed by atoms with Crippen molar-refractivity contribution in [1.29, 1.82) is 0 Å². The Morgan fingerprint density at radius 1 is 1.18 bits per heavy atom. The minimum atomic E-state index is -0.535. The van der Waals surface area contributed by atoms with Gasteiger partial charge in [-0.1, -0.05) is 24.3 Å². The molecule has 1 aliphatic heterocycles. The summed E-state index contributed by atoms with van der Waals surface area (Å²) in [5.74, 6) is 0.914. The van der Waals surface area contributed by atoms with Crippen LogP contribution < -0.4 is 20.7 Å². The minimum absolute atomic E-state index is 0. The topological polar surface area (TPSA) is 84.0 Å². The van der Waals surface area contributed by atoms with E-state index in [0.717, 1.165) is 36.5 Å². The Hall–Kier alpha value is -2.40. The summed E-state index contributed by atoms with van der Waals surface area (Å²) in [5.41, 5.74) is 2.20. The van der Waals surface area contributed by atoms with E-state index in [4.69, 9.17) is 9.47 Å². The van der Waals surface area contributed by atoms with Gasteiger partial charge in [0.2, 0.25) is 0 Å². The molecule has 1 fully saturated rings. The number of halogens is 2. The summed E-state index contributed by atoms with van der Waals surface area (Å²) in [4.78, 5) is 16.3. The fourth-order valence-corrected chi connectivity index (χ4v) is 3.36. The molecule has 9 heteroatoms. The molecule has 0 spiro atoms. The summed E-state index contributed by atoms with van der Waals surface area (Å²) in [7, 11) is 1.68. The van der Waals surface area contributed by atoms with E-state index in [1.807, 2.05) is 19.1 Å². The van der Waals surface area contributed by atoms with Crippen LogP contribution in [-0.2, 0) is 11.3 Å². The molecule has 1 amide bonds. The number of carbonyl (C=O) groups excluding carboxylic acids is 1. The first-order chi connectivity index (χ1) is 15.6. The molecule has 7 nitrogen and oxygen atoms in total. The average molecular weight is 570 g/mol. The van der Waals surface area contributed by atoms with E-state index in [0.29, 0.717) is 38.1 Å². The second-order valence-corrected chi connectivity index (χ2v) is 7.74. The molecule has 2 aromatic rings. The zero-order valence-electron chi connectivity index (χ0n) is 19.0. The predicted octanol–water partition coefficient (Wildman–Crippen LogP) is 3.26. The largest absolute Gasteiger partial charge is 0.493 e. The number of amides is 1. The van der Waals surface area contributed by atoms with Gasteiger partial charge in [-0.25, -0.2) is 4.39 Å². The summed E-state index contributed by atoms with van der Waals surface area (Å²) in [6.45, 7) is 5.55. The van der Waals surface area contributed by atoms with Gasteiger partial charge in [0.15, 0.2) is 5.96 Å². The van der Waals surface area contributed by atoms with E-state index in [9.17, 15) is 9.18 Å². The van der Waals surface area contributed by atoms with Gasteiger partial charge < -0.3 is 25.4 Å². The first-order valence-electron chi connectivity index (χ1n) is 10.8. The van der Waals surface area contributed by atoms with Gasteiger partial charge >= 0.3 is 0 Å². The summed E-state index contributed by atoms with van der Waals surface area (Å²) < 4.78 is 25.2. The number of benzene rings is 2. The van der Waals surface area contributed by atoms with Crippen molar-refractivity contribution in [3.05, 3.63) is 65.0 Å². The highest BCUT2D eigenvalue weighted by atomic mass is 127. The van der Waals surface area contributed by atoms with Crippen molar-refractivity contribution in [2.24, 2.45) is 10.9 Å². The standard InChI is InChI=1S/C24H31FN4O3.HI/c1-17-7-8-19(22(13-17)32-16-18-9-12-31-15-18)14-29-24(26-2)28-11-10-27-23(30)20-5-3-4-6-21(20)25;/h3-8,13,18H,9-12,14-16H2,1-2H3,(H,27,30)(H2,26,28,29);1H. The highest BCUT2D eigenvalue weighted by Gasteiger charge is 2.17. The number of hydrogen-bond acceptors (Lipinski definition) is 4. The van der Waals surface area contributed by atoms with Crippen LogP contribution in [0.15, 0.2) is 47.5 Å². The number of nitrogens with zero attached hydrogens (tertiary/aromatic N) is 1. The number of aliphatic imine (C=N–C) groups is 1. The Morgan fingerprint density at radius 2 is 1.97 bits per heavy atom. The third-order valence-corrected chi connectivity index (χ3v) is 5.21. The number of nitrogens with one attached hydrogen (secondary N) is 3. The number of guanidine groups is 1. The molecule has 0 radical (unpaired) electrons. The smallest absolute Gasteiger partial charge is 0.254 e. The van der Waals surface area contributed by atoms with Crippen LogP contribution in [0.3, 0.4) is 0 Å². The molecule has 1 unspecified atom stereocenters. The summed E-state index contributed by atoms with van der Waals surface area (Å²) in [6.07, 6.45) is 1.03. The second-order valence-electron chi connectivity index (χ2n) is 7.74. The van der Waals surface area contributed by atoms with Crippen LogP contribution in [0, 0.1) is 18.7 Å². The monoisotopic (exact) mass is 570 g/mol. The molecule has 3 N–H and O–H groups in total. The minimum Gasteiger partial charge on any atom is -0.493 e. The van der Waals surface area contributed by atoms with E-state index in [-0.39, 0.29) is 29.5 Å². The van der Waals surface area contributed by atoms with Crippen LogP contribution in [0.5, 0.6) is 5.75 Å². The van der Waals surface area contributed by atoms with Crippen LogP contribution in [0.25, 0.3) is 0 Å². The van der Waals surface area contributed by atoms with Gasteiger partial charge in [0.05, 0.1) is 18.8 Å². The molecule has 1 saturated heterocycles. The van der Waals surface area contributed by atoms with E-state index >= 15 is 0 Å². The summed E-state index contributed by atoms with van der Waals surface area (Å²) in [5, 5.41) is 9.10. The molecule has 1 aliphatic rings. The molecule has 0 saturated carbocycles. The Kier molecular flexibility index (Phi) is 11.4. The van der Waals surface area contributed by atoms with Gasteiger partial charge in [-0.2, -0.15) is 0 Å². The maximum absolute atomic E-state index is 13.7. The van der Waals surface area contributed by atoms with Crippen molar-refractivity contribution in [1.82, 2.24) is 16.0 Å². The Bertz CT molecular complexity index is 936.